The number of nitrogens with zero attached hydrogens (tertiary/aromatic N) is 6. The minimum absolute atomic E-state index is 0.0385. The zero-order chi connectivity index (χ0) is 22.4. The van der Waals surface area contributed by atoms with Crippen LogP contribution in [0, 0.1) is 0 Å². The first-order valence-electron chi connectivity index (χ1n) is 8.80. The summed E-state index contributed by atoms with van der Waals surface area (Å²) in [4.78, 5) is 20.8. The van der Waals surface area contributed by atoms with Crippen LogP contribution in [0.4, 0.5) is 13.2 Å². The van der Waals surface area contributed by atoms with E-state index in [4.69, 9.17) is 0 Å². The molecule has 0 saturated heterocycles. The van der Waals surface area contributed by atoms with Crippen LogP contribution in [0.5, 0.6) is 0 Å². The molecule has 1 aromatic carbocycles. The van der Waals surface area contributed by atoms with Crippen molar-refractivity contribution < 1.29 is 21.6 Å². The van der Waals surface area contributed by atoms with Gasteiger partial charge in [-0.1, -0.05) is 6.92 Å². The van der Waals surface area contributed by atoms with Crippen molar-refractivity contribution in [3.05, 3.63) is 65.1 Å². The second kappa shape index (κ2) is 7.27. The van der Waals surface area contributed by atoms with Crippen molar-refractivity contribution in [3.63, 3.8) is 0 Å². The van der Waals surface area contributed by atoms with Crippen molar-refractivity contribution in [1.82, 2.24) is 29.5 Å². The summed E-state index contributed by atoms with van der Waals surface area (Å²) in [7, 11) is -3.81. The molecule has 31 heavy (non-hydrogen) atoms. The summed E-state index contributed by atoms with van der Waals surface area (Å²) in [6.07, 6.45) is -0.955. The number of rotatable bonds is 4. The largest absolute Gasteiger partial charge is 0.416 e. The number of halogens is 3. The van der Waals surface area contributed by atoms with E-state index in [1.807, 2.05) is 0 Å². The molecule has 160 valence electrons. The van der Waals surface area contributed by atoms with E-state index in [2.05, 4.69) is 20.2 Å². The van der Waals surface area contributed by atoms with Crippen molar-refractivity contribution in [2.45, 2.75) is 18.0 Å². The van der Waals surface area contributed by atoms with Gasteiger partial charge < -0.3 is 0 Å². The van der Waals surface area contributed by atoms with Crippen LogP contribution in [0.3, 0.4) is 0 Å². The third kappa shape index (κ3) is 3.67. The Morgan fingerprint density at radius 3 is 2.52 bits per heavy atom. The predicted molar refractivity (Wildman–Crippen MR) is 103 cm³/mol. The number of aromatic nitrogens is 6. The van der Waals surface area contributed by atoms with Crippen LogP contribution < -0.4 is 5.56 Å². The molecule has 4 aromatic rings. The number of hydrogen-bond donors (Lipinski definition) is 0. The summed E-state index contributed by atoms with van der Waals surface area (Å²) in [5.41, 5.74) is -1.75. The molecule has 3 aromatic heterocycles. The van der Waals surface area contributed by atoms with Crippen LogP contribution in [0.15, 0.2) is 58.9 Å². The molecule has 0 saturated carbocycles. The van der Waals surface area contributed by atoms with Crippen LogP contribution in [-0.4, -0.2) is 43.7 Å². The van der Waals surface area contributed by atoms with Gasteiger partial charge in [0.05, 0.1) is 22.9 Å². The van der Waals surface area contributed by atoms with Gasteiger partial charge in [0.25, 0.3) is 5.56 Å². The maximum absolute atomic E-state index is 13.0. The minimum Gasteiger partial charge on any atom is -0.267 e. The number of benzene rings is 1. The number of fused-ring (bicyclic) bond motifs is 1. The average Bonchev–Trinajstić information content (AvgIpc) is 3.28. The molecule has 0 fully saturated rings. The number of hydrogen-bond acceptors (Lipinski definition) is 7. The minimum atomic E-state index is -4.58. The maximum atomic E-state index is 13.0. The third-order valence-electron chi connectivity index (χ3n) is 4.51. The van der Waals surface area contributed by atoms with Gasteiger partial charge in [0, 0.05) is 5.39 Å². The van der Waals surface area contributed by atoms with Gasteiger partial charge >= 0.3 is 6.18 Å². The third-order valence-corrected chi connectivity index (χ3v) is 6.26. The molecule has 9 nitrogen and oxygen atoms in total. The van der Waals surface area contributed by atoms with E-state index >= 15 is 0 Å². The van der Waals surface area contributed by atoms with Crippen LogP contribution in [0.2, 0.25) is 0 Å². The van der Waals surface area contributed by atoms with Gasteiger partial charge in [0.2, 0.25) is 0 Å². The first kappa shape index (κ1) is 20.7. The van der Waals surface area contributed by atoms with Crippen molar-refractivity contribution in [3.8, 4) is 11.6 Å². The Hall–Kier alpha value is -3.61. The highest BCUT2D eigenvalue weighted by molar-refractivity contribution is 7.91. The Balaban J connectivity index is 1.98. The zero-order valence-corrected chi connectivity index (χ0v) is 16.6. The molecule has 0 aliphatic rings. The van der Waals surface area contributed by atoms with Crippen LogP contribution in [0.25, 0.3) is 22.4 Å². The molecular weight excluding hydrogens is 437 g/mol. The summed E-state index contributed by atoms with van der Waals surface area (Å²) in [6.45, 7) is 1.43. The number of alkyl halides is 3. The summed E-state index contributed by atoms with van der Waals surface area (Å²) in [5, 5.41) is 7.70. The van der Waals surface area contributed by atoms with Gasteiger partial charge in [-0.15, -0.1) is 0 Å². The second-order valence-electron chi connectivity index (χ2n) is 6.40. The Kier molecular flexibility index (Phi) is 4.84. The Morgan fingerprint density at radius 2 is 1.87 bits per heavy atom. The first-order chi connectivity index (χ1) is 14.6. The van der Waals surface area contributed by atoms with Gasteiger partial charge in [-0.2, -0.15) is 28.1 Å². The van der Waals surface area contributed by atoms with E-state index in [9.17, 15) is 26.4 Å². The van der Waals surface area contributed by atoms with Gasteiger partial charge in [0.15, 0.2) is 21.5 Å². The standard InChI is InChI=1S/C18H13F3N6O3S/c1-2-31(29,30)14-5-6-15(26-10-22-9-24-26)25-16(14)27-17(28)13-4-3-12(18(19,20)21)7-11(13)8-23-27/h3-10H,2H2,1H3. The smallest absolute Gasteiger partial charge is 0.267 e. The fourth-order valence-electron chi connectivity index (χ4n) is 2.91. The predicted octanol–water partition coefficient (Wildman–Crippen LogP) is 2.17. The highest BCUT2D eigenvalue weighted by atomic mass is 32.2. The summed E-state index contributed by atoms with van der Waals surface area (Å²) in [5.74, 6) is -0.382. The molecule has 0 spiro atoms. The average molecular weight is 450 g/mol. The number of sulfone groups is 1. The van der Waals surface area contributed by atoms with Crippen molar-refractivity contribution in [1.29, 1.82) is 0 Å². The molecule has 0 aliphatic carbocycles. The highest BCUT2D eigenvalue weighted by Crippen LogP contribution is 2.30. The molecule has 4 rings (SSSR count). The van der Waals surface area contributed by atoms with Crippen molar-refractivity contribution >= 4 is 20.6 Å². The maximum Gasteiger partial charge on any atom is 0.416 e. The van der Waals surface area contributed by atoms with E-state index in [1.165, 1.54) is 36.4 Å². The molecule has 3 heterocycles. The Bertz CT molecular complexity index is 1450. The second-order valence-corrected chi connectivity index (χ2v) is 8.64. The van der Waals surface area contributed by atoms with E-state index in [1.54, 1.807) is 0 Å². The van der Waals surface area contributed by atoms with E-state index in [-0.39, 0.29) is 33.1 Å². The highest BCUT2D eigenvalue weighted by Gasteiger charge is 2.31. The van der Waals surface area contributed by atoms with E-state index < -0.39 is 27.1 Å². The SMILES string of the molecule is CCS(=O)(=O)c1ccc(-n2cncn2)nc1-n1ncc2cc(C(F)(F)F)ccc2c1=O. The van der Waals surface area contributed by atoms with Gasteiger partial charge in [-0.05, 0) is 30.3 Å². The first-order valence-corrected chi connectivity index (χ1v) is 10.5. The lowest BCUT2D eigenvalue weighted by molar-refractivity contribution is -0.137. The van der Waals surface area contributed by atoms with Crippen LogP contribution in [-0.2, 0) is 16.0 Å². The van der Waals surface area contributed by atoms with Crippen LogP contribution in [0.1, 0.15) is 12.5 Å². The fraction of sp³-hybridized carbons (Fsp3) is 0.167. The molecule has 0 aliphatic heterocycles. The summed E-state index contributed by atoms with van der Waals surface area (Å²) < 4.78 is 66.1. The Morgan fingerprint density at radius 1 is 1.10 bits per heavy atom. The summed E-state index contributed by atoms with van der Waals surface area (Å²) in [6, 6.07) is 5.26. The number of pyridine rings is 1. The molecule has 13 heteroatoms. The molecule has 0 atom stereocenters. The Labute approximate surface area is 172 Å². The fourth-order valence-corrected chi connectivity index (χ4v) is 3.90. The zero-order valence-electron chi connectivity index (χ0n) is 15.8. The molecule has 0 N–H and O–H groups in total. The molecule has 0 amide bonds. The molecule has 0 unspecified atom stereocenters. The molecular formula is C18H13F3N6O3S. The topological polar surface area (TPSA) is 113 Å². The van der Waals surface area contributed by atoms with Crippen molar-refractivity contribution in [2.75, 3.05) is 5.75 Å². The normalized spacial score (nSPS) is 12.4. The van der Waals surface area contributed by atoms with Gasteiger partial charge in [-0.3, -0.25) is 4.79 Å². The lowest BCUT2D eigenvalue weighted by atomic mass is 10.1. The lowest BCUT2D eigenvalue weighted by Gasteiger charge is -2.13. The van der Waals surface area contributed by atoms with E-state index in [0.717, 1.165) is 29.1 Å². The van der Waals surface area contributed by atoms with Gasteiger partial charge in [0.1, 0.15) is 17.6 Å². The van der Waals surface area contributed by atoms with Crippen molar-refractivity contribution in [2.24, 2.45) is 0 Å². The summed E-state index contributed by atoms with van der Waals surface area (Å²) >= 11 is 0. The molecule has 0 radical (unpaired) electrons. The van der Waals surface area contributed by atoms with Gasteiger partial charge in [-0.25, -0.2) is 23.1 Å². The quantitative estimate of drug-likeness (QED) is 0.468. The van der Waals surface area contributed by atoms with E-state index in [0.29, 0.717) is 0 Å². The lowest BCUT2D eigenvalue weighted by Crippen LogP contribution is -2.25. The van der Waals surface area contributed by atoms with Crippen LogP contribution >= 0.6 is 0 Å². The molecule has 0 bridgehead atoms. The monoisotopic (exact) mass is 450 g/mol.